The first kappa shape index (κ1) is 12.5. The van der Waals surface area contributed by atoms with Crippen molar-refractivity contribution in [2.45, 2.75) is 3.21 Å². The van der Waals surface area contributed by atoms with Gasteiger partial charge in [-0.1, -0.05) is 0 Å². The van der Waals surface area contributed by atoms with Crippen LogP contribution in [0.3, 0.4) is 0 Å². The van der Waals surface area contributed by atoms with Crippen molar-refractivity contribution in [1.29, 1.82) is 0 Å². The molecule has 0 unspecified atom stereocenters. The molecule has 0 nitrogen and oxygen atoms in total. The molecule has 80 valence electrons. The Kier molecular flexibility index (Phi) is 4.33. The Hall–Kier alpha value is -0.00156. The number of hydrogen-bond donors (Lipinski definition) is 0. The van der Waals surface area contributed by atoms with E-state index in [1.165, 1.54) is 11.1 Å². The number of rotatable bonds is 3. The molecule has 0 N–H and O–H groups in total. The maximum absolute atomic E-state index is 3.37. The second-order valence-corrected chi connectivity index (χ2v) is 9.48. The fourth-order valence-electron chi connectivity index (χ4n) is 1.58. The molecule has 0 spiro atoms. The number of hydrogen-bond acceptors (Lipinski definition) is 0. The van der Waals surface area contributed by atoms with Gasteiger partial charge in [0.05, 0.1) is 0 Å². The first-order chi connectivity index (χ1) is 7.77. The quantitative estimate of drug-likeness (QED) is 0.687. The van der Waals surface area contributed by atoms with Gasteiger partial charge in [-0.3, -0.25) is 0 Å². The van der Waals surface area contributed by atoms with Crippen LogP contribution in [0.5, 0.6) is 0 Å². The first-order valence-corrected chi connectivity index (χ1v) is 10.9. The SMILES string of the molecule is [Se][Se]C([Se])(c1ccccc1)c1ccccc1. The fourth-order valence-corrected chi connectivity index (χ4v) is 5.22. The Balaban J connectivity index is 2.49. The second kappa shape index (κ2) is 5.56. The first-order valence-electron chi connectivity index (χ1n) is 4.90. The Bertz CT molecular complexity index is 400. The van der Waals surface area contributed by atoms with Gasteiger partial charge in [0.1, 0.15) is 0 Å². The summed E-state index contributed by atoms with van der Waals surface area (Å²) in [7, 11) is 0. The molecule has 2 radical (unpaired) electrons. The summed E-state index contributed by atoms with van der Waals surface area (Å²) in [5, 5.41) is 0. The summed E-state index contributed by atoms with van der Waals surface area (Å²) < 4.78 is 0.00944. The molecule has 2 aromatic rings. The molecular formula is C13H10Se3. The van der Waals surface area contributed by atoms with Gasteiger partial charge < -0.3 is 0 Å². The van der Waals surface area contributed by atoms with Crippen LogP contribution in [0.1, 0.15) is 11.1 Å². The molecule has 2 aromatic carbocycles. The molecule has 0 amide bonds. The van der Waals surface area contributed by atoms with Crippen LogP contribution in [-0.4, -0.2) is 43.3 Å². The van der Waals surface area contributed by atoms with Gasteiger partial charge in [-0.15, -0.1) is 0 Å². The van der Waals surface area contributed by atoms with Crippen molar-refractivity contribution in [3.05, 3.63) is 71.8 Å². The van der Waals surface area contributed by atoms with E-state index in [-0.39, 0.29) is 3.21 Å². The van der Waals surface area contributed by atoms with Crippen LogP contribution in [0.4, 0.5) is 0 Å². The summed E-state index contributed by atoms with van der Waals surface area (Å²) in [6, 6.07) is 21.2. The van der Waals surface area contributed by atoms with Gasteiger partial charge >= 0.3 is 118 Å². The van der Waals surface area contributed by atoms with E-state index >= 15 is 0 Å². The van der Waals surface area contributed by atoms with Gasteiger partial charge in [-0.05, 0) is 0 Å². The Labute approximate surface area is 118 Å². The van der Waals surface area contributed by atoms with Gasteiger partial charge in [-0.25, -0.2) is 0 Å². The molecule has 3 heteroatoms. The molecule has 2 rings (SSSR count). The summed E-state index contributed by atoms with van der Waals surface area (Å²) in [6.07, 6.45) is 0. The van der Waals surface area contributed by atoms with Crippen LogP contribution < -0.4 is 0 Å². The van der Waals surface area contributed by atoms with E-state index in [1.807, 2.05) is 0 Å². The second-order valence-electron chi connectivity index (χ2n) is 3.43. The Morgan fingerprint density at radius 1 is 0.750 bits per heavy atom. The predicted octanol–water partition coefficient (Wildman–Crippen LogP) is 1.84. The van der Waals surface area contributed by atoms with Crippen molar-refractivity contribution < 1.29 is 0 Å². The van der Waals surface area contributed by atoms with Crippen LogP contribution in [-0.2, 0) is 3.21 Å². The van der Waals surface area contributed by atoms with Crippen molar-refractivity contribution in [1.82, 2.24) is 0 Å². The van der Waals surface area contributed by atoms with E-state index in [0.29, 0.717) is 13.1 Å². The van der Waals surface area contributed by atoms with Crippen LogP contribution in [0.25, 0.3) is 0 Å². The van der Waals surface area contributed by atoms with Crippen molar-refractivity contribution in [2.24, 2.45) is 0 Å². The molecule has 0 atom stereocenters. The summed E-state index contributed by atoms with van der Waals surface area (Å²) >= 11 is 6.94. The van der Waals surface area contributed by atoms with E-state index in [0.717, 1.165) is 0 Å². The summed E-state index contributed by atoms with van der Waals surface area (Å²) in [5.41, 5.74) is 2.67. The number of benzene rings is 2. The fraction of sp³-hybridized carbons (Fsp3) is 0.0769. The summed E-state index contributed by atoms with van der Waals surface area (Å²) in [6.45, 7) is 0. The van der Waals surface area contributed by atoms with Gasteiger partial charge in [-0.2, -0.15) is 0 Å². The molecule has 0 heterocycles. The van der Waals surface area contributed by atoms with Gasteiger partial charge in [0.25, 0.3) is 0 Å². The predicted molar refractivity (Wildman–Crippen MR) is 70.9 cm³/mol. The summed E-state index contributed by atoms with van der Waals surface area (Å²) in [4.78, 5) is 0. The minimum absolute atomic E-state index is 0.00944. The minimum atomic E-state index is 0.00944. The molecule has 16 heavy (non-hydrogen) atoms. The van der Waals surface area contributed by atoms with Crippen LogP contribution >= 0.6 is 0 Å². The monoisotopic (exact) mass is 406 g/mol. The van der Waals surface area contributed by atoms with Crippen molar-refractivity contribution in [3.8, 4) is 0 Å². The molecule has 0 fully saturated rings. The average Bonchev–Trinajstić information content (AvgIpc) is 2.40. The standard InChI is InChI=1S/C13H10Se3/c14-13(16-15,11-7-3-1-4-8-11)12-9-5-2-6-10-12/h1-10H. The molecule has 0 aliphatic rings. The zero-order valence-electron chi connectivity index (χ0n) is 8.50. The Morgan fingerprint density at radius 2 is 1.12 bits per heavy atom. The third-order valence-electron chi connectivity index (χ3n) is 2.43. The summed E-state index contributed by atoms with van der Waals surface area (Å²) in [5.74, 6) is 0. The van der Waals surface area contributed by atoms with Crippen molar-refractivity contribution in [2.75, 3.05) is 0 Å². The zero-order chi connectivity index (χ0) is 11.4. The van der Waals surface area contributed by atoms with Crippen LogP contribution in [0.15, 0.2) is 60.7 Å². The molecule has 0 saturated carbocycles. The van der Waals surface area contributed by atoms with E-state index in [4.69, 9.17) is 0 Å². The third kappa shape index (κ3) is 2.46. The Morgan fingerprint density at radius 3 is 1.44 bits per heavy atom. The molecule has 0 bridgehead atoms. The van der Waals surface area contributed by atoms with E-state index in [2.05, 4.69) is 90.9 Å². The topological polar surface area (TPSA) is 0 Å². The molecule has 0 aromatic heterocycles. The zero-order valence-corrected chi connectivity index (χ0v) is 13.6. The third-order valence-corrected chi connectivity index (χ3v) is 11.3. The van der Waals surface area contributed by atoms with Crippen molar-refractivity contribution in [3.63, 3.8) is 0 Å². The van der Waals surface area contributed by atoms with Gasteiger partial charge in [0, 0.05) is 0 Å². The maximum atomic E-state index is 3.37. The van der Waals surface area contributed by atoms with E-state index in [9.17, 15) is 0 Å². The van der Waals surface area contributed by atoms with Gasteiger partial charge in [0.2, 0.25) is 0 Å². The molecule has 0 saturated heterocycles. The van der Waals surface area contributed by atoms with Crippen LogP contribution in [0, 0.1) is 0 Å². The molecule has 0 aliphatic carbocycles. The van der Waals surface area contributed by atoms with E-state index in [1.54, 1.807) is 0 Å². The molecule has 0 aliphatic heterocycles. The normalized spacial score (nSPS) is 11.4. The molecular weight excluding hydrogens is 393 g/mol. The van der Waals surface area contributed by atoms with Crippen LogP contribution in [0.2, 0.25) is 0 Å². The van der Waals surface area contributed by atoms with Crippen molar-refractivity contribution >= 4 is 43.3 Å². The van der Waals surface area contributed by atoms with Gasteiger partial charge in [0.15, 0.2) is 0 Å². The van der Waals surface area contributed by atoms with E-state index < -0.39 is 0 Å². The average molecular weight is 403 g/mol.